The molecular formula is C13H20N2O2S. The minimum absolute atomic E-state index is 0.147. The van der Waals surface area contributed by atoms with Crippen LogP contribution in [-0.4, -0.2) is 16.2 Å². The van der Waals surface area contributed by atoms with Crippen LogP contribution in [0.1, 0.15) is 33.3 Å². The Labute approximate surface area is 112 Å². The molecule has 0 aromatic heterocycles. The summed E-state index contributed by atoms with van der Waals surface area (Å²) < 4.78 is 0.147. The van der Waals surface area contributed by atoms with Gasteiger partial charge in [0.2, 0.25) is 0 Å². The van der Waals surface area contributed by atoms with Crippen molar-refractivity contribution >= 4 is 23.1 Å². The average Bonchev–Trinajstić information content (AvgIpc) is 2.26. The molecule has 0 aliphatic carbocycles. The van der Waals surface area contributed by atoms with Crippen LogP contribution in [0.15, 0.2) is 18.2 Å². The Morgan fingerprint density at radius 1 is 1.39 bits per heavy atom. The Hall–Kier alpha value is -1.23. The standard InChI is InChI=1S/C13H20N2O2S/c1-5-14-12-10(9-18-13(2,3)4)7-6-8-11(12)15(16)17/h6-8,14H,5,9H2,1-4H3. The maximum atomic E-state index is 11.0. The molecule has 1 aromatic carbocycles. The van der Waals surface area contributed by atoms with Gasteiger partial charge in [-0.25, -0.2) is 0 Å². The van der Waals surface area contributed by atoms with Crippen LogP contribution in [0.4, 0.5) is 11.4 Å². The molecule has 0 amide bonds. The lowest BCUT2D eigenvalue weighted by atomic mass is 10.1. The predicted molar refractivity (Wildman–Crippen MR) is 78.3 cm³/mol. The Morgan fingerprint density at radius 2 is 2.06 bits per heavy atom. The Bertz CT molecular complexity index is 427. The van der Waals surface area contributed by atoms with Crippen LogP contribution >= 0.6 is 11.8 Å². The van der Waals surface area contributed by atoms with Gasteiger partial charge in [-0.05, 0) is 12.5 Å². The van der Waals surface area contributed by atoms with Crippen LogP contribution in [-0.2, 0) is 5.75 Å². The van der Waals surface area contributed by atoms with Gasteiger partial charge in [0.1, 0.15) is 5.69 Å². The first-order valence-electron chi connectivity index (χ1n) is 5.99. The molecule has 0 radical (unpaired) electrons. The summed E-state index contributed by atoms with van der Waals surface area (Å²) in [5, 5.41) is 14.1. The molecule has 0 aliphatic heterocycles. The van der Waals surface area contributed by atoms with Crippen molar-refractivity contribution in [3.8, 4) is 0 Å². The van der Waals surface area contributed by atoms with Crippen molar-refractivity contribution in [2.24, 2.45) is 0 Å². The van der Waals surface area contributed by atoms with Gasteiger partial charge in [-0.3, -0.25) is 10.1 Å². The van der Waals surface area contributed by atoms with E-state index in [0.29, 0.717) is 12.2 Å². The highest BCUT2D eigenvalue weighted by Crippen LogP contribution is 2.34. The summed E-state index contributed by atoms with van der Waals surface area (Å²) in [7, 11) is 0. The van der Waals surface area contributed by atoms with E-state index >= 15 is 0 Å². The Morgan fingerprint density at radius 3 is 2.56 bits per heavy atom. The van der Waals surface area contributed by atoms with Crippen LogP contribution in [0.2, 0.25) is 0 Å². The first kappa shape index (κ1) is 14.8. The van der Waals surface area contributed by atoms with Crippen LogP contribution in [0.5, 0.6) is 0 Å². The van der Waals surface area contributed by atoms with Gasteiger partial charge >= 0.3 is 0 Å². The number of para-hydroxylation sites is 1. The highest BCUT2D eigenvalue weighted by molar-refractivity contribution is 7.99. The summed E-state index contributed by atoms with van der Waals surface area (Å²) in [6.45, 7) is 9.04. The van der Waals surface area contributed by atoms with E-state index < -0.39 is 0 Å². The summed E-state index contributed by atoms with van der Waals surface area (Å²) in [6, 6.07) is 5.24. The normalized spacial score (nSPS) is 11.3. The monoisotopic (exact) mass is 268 g/mol. The largest absolute Gasteiger partial charge is 0.380 e. The molecule has 1 aromatic rings. The molecule has 0 aliphatic rings. The predicted octanol–water partition coefficient (Wildman–Crippen LogP) is 4.06. The summed E-state index contributed by atoms with van der Waals surface area (Å²) >= 11 is 1.78. The molecule has 0 fully saturated rings. The molecule has 4 nitrogen and oxygen atoms in total. The maximum absolute atomic E-state index is 11.0. The molecule has 18 heavy (non-hydrogen) atoms. The third kappa shape index (κ3) is 4.22. The number of thioether (sulfide) groups is 1. The van der Waals surface area contributed by atoms with Crippen molar-refractivity contribution in [3.63, 3.8) is 0 Å². The molecule has 0 saturated carbocycles. The van der Waals surface area contributed by atoms with E-state index in [9.17, 15) is 10.1 Å². The molecule has 5 heteroatoms. The molecule has 0 heterocycles. The fraction of sp³-hybridized carbons (Fsp3) is 0.538. The van der Waals surface area contributed by atoms with Crippen molar-refractivity contribution in [1.82, 2.24) is 0 Å². The fourth-order valence-electron chi connectivity index (χ4n) is 1.53. The number of hydrogen-bond acceptors (Lipinski definition) is 4. The molecule has 0 bridgehead atoms. The van der Waals surface area contributed by atoms with Gasteiger partial charge in [0.25, 0.3) is 5.69 Å². The third-order valence-corrected chi connectivity index (χ3v) is 3.66. The van der Waals surface area contributed by atoms with Crippen LogP contribution in [0, 0.1) is 10.1 Å². The molecular weight excluding hydrogens is 248 g/mol. The summed E-state index contributed by atoms with van der Waals surface area (Å²) in [5.41, 5.74) is 1.80. The van der Waals surface area contributed by atoms with Crippen molar-refractivity contribution in [2.45, 2.75) is 38.2 Å². The Kier molecular flexibility index (Phi) is 5.02. The smallest absolute Gasteiger partial charge is 0.292 e. The average molecular weight is 268 g/mol. The van der Waals surface area contributed by atoms with Crippen molar-refractivity contribution in [1.29, 1.82) is 0 Å². The SMILES string of the molecule is CCNc1c(CSC(C)(C)C)cccc1[N+](=O)[O-]. The van der Waals surface area contributed by atoms with Crippen LogP contribution in [0.3, 0.4) is 0 Å². The summed E-state index contributed by atoms with van der Waals surface area (Å²) in [6.07, 6.45) is 0. The zero-order chi connectivity index (χ0) is 13.8. The quantitative estimate of drug-likeness (QED) is 0.646. The summed E-state index contributed by atoms with van der Waals surface area (Å²) in [5.74, 6) is 0.771. The minimum Gasteiger partial charge on any atom is -0.380 e. The van der Waals surface area contributed by atoms with Crippen LogP contribution < -0.4 is 5.32 Å². The highest BCUT2D eigenvalue weighted by Gasteiger charge is 2.18. The topological polar surface area (TPSA) is 55.2 Å². The lowest BCUT2D eigenvalue weighted by Gasteiger charge is -2.19. The maximum Gasteiger partial charge on any atom is 0.292 e. The number of hydrogen-bond donors (Lipinski definition) is 1. The zero-order valence-electron chi connectivity index (χ0n) is 11.3. The number of nitrogens with one attached hydrogen (secondary N) is 1. The minimum atomic E-state index is -0.330. The van der Waals surface area contributed by atoms with E-state index in [1.807, 2.05) is 13.0 Å². The second-order valence-corrected chi connectivity index (χ2v) is 6.80. The van der Waals surface area contributed by atoms with Gasteiger partial charge in [0.15, 0.2) is 0 Å². The van der Waals surface area contributed by atoms with Gasteiger partial charge in [0.05, 0.1) is 4.92 Å². The van der Waals surface area contributed by atoms with E-state index in [2.05, 4.69) is 26.1 Å². The molecule has 1 rings (SSSR count). The first-order chi connectivity index (χ1) is 8.35. The highest BCUT2D eigenvalue weighted by atomic mass is 32.2. The molecule has 0 unspecified atom stereocenters. The molecule has 0 spiro atoms. The van der Waals surface area contributed by atoms with Crippen molar-refractivity contribution in [2.75, 3.05) is 11.9 Å². The van der Waals surface area contributed by atoms with Gasteiger partial charge in [-0.1, -0.05) is 32.9 Å². The molecule has 100 valence electrons. The number of nitro groups is 1. The van der Waals surface area contributed by atoms with Gasteiger partial charge in [-0.2, -0.15) is 11.8 Å². The van der Waals surface area contributed by atoms with Crippen LogP contribution in [0.25, 0.3) is 0 Å². The van der Waals surface area contributed by atoms with E-state index in [1.54, 1.807) is 23.9 Å². The van der Waals surface area contributed by atoms with Crippen molar-refractivity contribution in [3.05, 3.63) is 33.9 Å². The lowest BCUT2D eigenvalue weighted by Crippen LogP contribution is -2.09. The second-order valence-electron chi connectivity index (χ2n) is 5.00. The number of anilines is 1. The Balaban J connectivity index is 3.02. The van der Waals surface area contributed by atoms with E-state index in [1.165, 1.54) is 0 Å². The van der Waals surface area contributed by atoms with E-state index in [-0.39, 0.29) is 15.4 Å². The van der Waals surface area contributed by atoms with E-state index in [0.717, 1.165) is 11.3 Å². The number of nitro benzene ring substituents is 1. The van der Waals surface area contributed by atoms with Crippen molar-refractivity contribution < 1.29 is 4.92 Å². The fourth-order valence-corrected chi connectivity index (χ4v) is 2.36. The van der Waals surface area contributed by atoms with E-state index in [4.69, 9.17) is 0 Å². The van der Waals surface area contributed by atoms with Gasteiger partial charge in [0, 0.05) is 23.1 Å². The number of benzene rings is 1. The lowest BCUT2D eigenvalue weighted by molar-refractivity contribution is -0.384. The molecule has 0 atom stereocenters. The summed E-state index contributed by atoms with van der Waals surface area (Å²) in [4.78, 5) is 10.7. The zero-order valence-corrected chi connectivity index (χ0v) is 12.1. The van der Waals surface area contributed by atoms with Gasteiger partial charge < -0.3 is 5.32 Å². The molecule has 1 N–H and O–H groups in total. The second kappa shape index (κ2) is 6.09. The molecule has 0 saturated heterocycles. The first-order valence-corrected chi connectivity index (χ1v) is 6.98. The third-order valence-electron chi connectivity index (χ3n) is 2.34. The van der Waals surface area contributed by atoms with Gasteiger partial charge in [-0.15, -0.1) is 0 Å². The number of nitrogens with zero attached hydrogens (tertiary/aromatic N) is 1. The number of rotatable bonds is 5.